The fourth-order valence-corrected chi connectivity index (χ4v) is 1.76. The van der Waals surface area contributed by atoms with E-state index in [0.29, 0.717) is 5.75 Å². The van der Waals surface area contributed by atoms with Gasteiger partial charge in [-0.3, -0.25) is 4.79 Å². The van der Waals surface area contributed by atoms with E-state index in [1.807, 2.05) is 0 Å². The maximum absolute atomic E-state index is 12.0. The highest BCUT2D eigenvalue weighted by atomic mass is 16.6. The van der Waals surface area contributed by atoms with E-state index in [1.165, 1.54) is 6.92 Å². The molecule has 6 heteroatoms. The third-order valence-corrected chi connectivity index (χ3v) is 2.97. The highest BCUT2D eigenvalue weighted by Gasteiger charge is 2.35. The molecule has 128 valence electrons. The molecule has 0 unspecified atom stereocenters. The van der Waals surface area contributed by atoms with Crippen LogP contribution >= 0.6 is 0 Å². The topological polar surface area (TPSA) is 84.9 Å². The predicted octanol–water partition coefficient (Wildman–Crippen LogP) is 1.45. The van der Waals surface area contributed by atoms with E-state index in [4.69, 9.17) is 9.47 Å². The van der Waals surface area contributed by atoms with E-state index in [0.717, 1.165) is 5.56 Å². The van der Waals surface area contributed by atoms with Crippen molar-refractivity contribution in [3.63, 3.8) is 0 Å². The Morgan fingerprint density at radius 1 is 1.22 bits per heavy atom. The highest BCUT2D eigenvalue weighted by molar-refractivity contribution is 5.82. The molecule has 0 aromatic heterocycles. The number of benzene rings is 1. The van der Waals surface area contributed by atoms with Crippen molar-refractivity contribution in [2.45, 2.75) is 45.3 Å². The minimum atomic E-state index is -1.78. The number of carbonyl (C=O) groups is 2. The van der Waals surface area contributed by atoms with Crippen molar-refractivity contribution in [1.82, 2.24) is 5.32 Å². The Labute approximate surface area is 136 Å². The molecular formula is C17H25NO5. The normalized spacial score (nSPS) is 13.8. The van der Waals surface area contributed by atoms with Gasteiger partial charge in [-0.25, -0.2) is 4.79 Å². The van der Waals surface area contributed by atoms with Crippen LogP contribution in [0.25, 0.3) is 0 Å². The van der Waals surface area contributed by atoms with Gasteiger partial charge in [0.25, 0.3) is 0 Å². The molecular weight excluding hydrogens is 298 g/mol. The van der Waals surface area contributed by atoms with Gasteiger partial charge < -0.3 is 19.9 Å². The quantitative estimate of drug-likeness (QED) is 0.774. The van der Waals surface area contributed by atoms with Crippen molar-refractivity contribution in [3.8, 4) is 5.75 Å². The molecule has 0 radical (unpaired) electrons. The van der Waals surface area contributed by atoms with Crippen LogP contribution in [0, 0.1) is 0 Å². The molecule has 6 nitrogen and oxygen atoms in total. The van der Waals surface area contributed by atoms with E-state index >= 15 is 0 Å². The number of aliphatic hydroxyl groups is 1. The zero-order valence-electron chi connectivity index (χ0n) is 14.3. The molecule has 23 heavy (non-hydrogen) atoms. The lowest BCUT2D eigenvalue weighted by atomic mass is 10.1. The molecule has 0 bridgehead atoms. The Kier molecular flexibility index (Phi) is 6.15. The van der Waals surface area contributed by atoms with Crippen LogP contribution < -0.4 is 10.1 Å². The van der Waals surface area contributed by atoms with Crippen LogP contribution in [0.5, 0.6) is 5.75 Å². The van der Waals surface area contributed by atoms with Crippen LogP contribution in [-0.4, -0.2) is 41.8 Å². The molecule has 1 rings (SSSR count). The van der Waals surface area contributed by atoms with Crippen molar-refractivity contribution < 1.29 is 24.2 Å². The second-order valence-corrected chi connectivity index (χ2v) is 6.58. The van der Waals surface area contributed by atoms with E-state index in [1.54, 1.807) is 52.1 Å². The lowest BCUT2D eigenvalue weighted by Gasteiger charge is -2.27. The summed E-state index contributed by atoms with van der Waals surface area (Å²) in [7, 11) is 1.55. The molecule has 1 aromatic carbocycles. The molecule has 0 aliphatic carbocycles. The van der Waals surface area contributed by atoms with E-state index in [2.05, 4.69) is 5.32 Å². The van der Waals surface area contributed by atoms with E-state index in [-0.39, 0.29) is 18.9 Å². The van der Waals surface area contributed by atoms with Crippen molar-refractivity contribution >= 4 is 11.9 Å². The van der Waals surface area contributed by atoms with Gasteiger partial charge in [0.1, 0.15) is 11.4 Å². The standard InChI is InChI=1S/C17H25NO5/c1-16(2,3)23-15(20)17(4,21)11-18-14(19)10-12-7-6-8-13(9-12)22-5/h6-9,21H,10-11H2,1-5H3,(H,18,19)/t17-/m0/s1. The summed E-state index contributed by atoms with van der Waals surface area (Å²) in [5.41, 5.74) is -1.71. The van der Waals surface area contributed by atoms with Crippen molar-refractivity contribution in [2.75, 3.05) is 13.7 Å². The summed E-state index contributed by atoms with van der Waals surface area (Å²) in [6.45, 7) is 6.23. The Hall–Kier alpha value is -2.08. The number of nitrogens with one attached hydrogen (secondary N) is 1. The molecule has 1 amide bonds. The molecule has 0 aliphatic rings. The summed E-state index contributed by atoms with van der Waals surface area (Å²) >= 11 is 0. The summed E-state index contributed by atoms with van der Waals surface area (Å²) in [4.78, 5) is 23.8. The van der Waals surface area contributed by atoms with E-state index in [9.17, 15) is 14.7 Å². The average molecular weight is 323 g/mol. The Balaban J connectivity index is 2.55. The minimum Gasteiger partial charge on any atom is -0.497 e. The van der Waals surface area contributed by atoms with Crippen LogP contribution in [0.3, 0.4) is 0 Å². The number of ether oxygens (including phenoxy) is 2. The molecule has 0 saturated heterocycles. The largest absolute Gasteiger partial charge is 0.497 e. The van der Waals surface area contributed by atoms with Gasteiger partial charge in [0, 0.05) is 0 Å². The number of esters is 1. The number of hydrogen-bond acceptors (Lipinski definition) is 5. The SMILES string of the molecule is COc1cccc(CC(=O)NC[C@](C)(O)C(=O)OC(C)(C)C)c1. The van der Waals surface area contributed by atoms with Gasteiger partial charge in [-0.1, -0.05) is 12.1 Å². The first kappa shape index (κ1) is 19.0. The Bertz CT molecular complexity index is 560. The third kappa shape index (κ3) is 6.69. The van der Waals surface area contributed by atoms with Crippen LogP contribution in [-0.2, 0) is 20.7 Å². The molecule has 0 aliphatic heterocycles. The van der Waals surface area contributed by atoms with Gasteiger partial charge >= 0.3 is 5.97 Å². The number of hydrogen-bond donors (Lipinski definition) is 2. The third-order valence-electron chi connectivity index (χ3n) is 2.97. The summed E-state index contributed by atoms with van der Waals surface area (Å²) in [6.07, 6.45) is 0.127. The minimum absolute atomic E-state index is 0.127. The predicted molar refractivity (Wildman–Crippen MR) is 86.2 cm³/mol. The number of carbonyl (C=O) groups excluding carboxylic acids is 2. The van der Waals surface area contributed by atoms with Gasteiger partial charge in [0.05, 0.1) is 20.1 Å². The number of rotatable bonds is 6. The van der Waals surface area contributed by atoms with Crippen LogP contribution in [0.1, 0.15) is 33.3 Å². The van der Waals surface area contributed by atoms with Crippen LogP contribution in [0.15, 0.2) is 24.3 Å². The second-order valence-electron chi connectivity index (χ2n) is 6.58. The highest BCUT2D eigenvalue weighted by Crippen LogP contribution is 2.15. The first-order valence-corrected chi connectivity index (χ1v) is 7.39. The first-order valence-electron chi connectivity index (χ1n) is 7.39. The molecule has 0 saturated carbocycles. The molecule has 0 spiro atoms. The molecule has 0 fully saturated rings. The van der Waals surface area contributed by atoms with Gasteiger partial charge in [0.15, 0.2) is 5.60 Å². The monoisotopic (exact) mass is 323 g/mol. The maximum atomic E-state index is 12.0. The Morgan fingerprint density at radius 3 is 2.43 bits per heavy atom. The second kappa shape index (κ2) is 7.46. The lowest BCUT2D eigenvalue weighted by Crippen LogP contribution is -2.49. The van der Waals surface area contributed by atoms with E-state index < -0.39 is 17.2 Å². The molecule has 1 atom stereocenters. The fraction of sp³-hybridized carbons (Fsp3) is 0.529. The van der Waals surface area contributed by atoms with Crippen LogP contribution in [0.4, 0.5) is 0 Å². The Morgan fingerprint density at radius 2 is 1.87 bits per heavy atom. The number of amides is 1. The van der Waals surface area contributed by atoms with Crippen molar-refractivity contribution in [2.24, 2.45) is 0 Å². The fourth-order valence-electron chi connectivity index (χ4n) is 1.76. The smallest absolute Gasteiger partial charge is 0.340 e. The van der Waals surface area contributed by atoms with Crippen molar-refractivity contribution in [1.29, 1.82) is 0 Å². The maximum Gasteiger partial charge on any atom is 0.340 e. The van der Waals surface area contributed by atoms with Gasteiger partial charge in [-0.2, -0.15) is 0 Å². The molecule has 2 N–H and O–H groups in total. The van der Waals surface area contributed by atoms with Gasteiger partial charge in [0.2, 0.25) is 5.91 Å². The van der Waals surface area contributed by atoms with Crippen LogP contribution in [0.2, 0.25) is 0 Å². The number of methoxy groups -OCH3 is 1. The first-order chi connectivity index (χ1) is 10.5. The lowest BCUT2D eigenvalue weighted by molar-refractivity contribution is -0.174. The summed E-state index contributed by atoms with van der Waals surface area (Å²) in [5.74, 6) is -0.412. The summed E-state index contributed by atoms with van der Waals surface area (Å²) < 4.78 is 10.2. The summed E-state index contributed by atoms with van der Waals surface area (Å²) in [5, 5.41) is 12.7. The summed E-state index contributed by atoms with van der Waals surface area (Å²) in [6, 6.07) is 7.13. The molecule has 1 aromatic rings. The average Bonchev–Trinajstić information content (AvgIpc) is 2.43. The van der Waals surface area contributed by atoms with Gasteiger partial charge in [-0.15, -0.1) is 0 Å². The zero-order chi connectivity index (χ0) is 17.7. The van der Waals surface area contributed by atoms with Crippen molar-refractivity contribution in [3.05, 3.63) is 29.8 Å². The zero-order valence-corrected chi connectivity index (χ0v) is 14.3. The van der Waals surface area contributed by atoms with Gasteiger partial charge in [-0.05, 0) is 45.4 Å². The molecule has 0 heterocycles.